The van der Waals surface area contributed by atoms with Gasteiger partial charge in [0, 0.05) is 13.2 Å². The van der Waals surface area contributed by atoms with Gasteiger partial charge in [-0.05, 0) is 12.8 Å². The zero-order valence-electron chi connectivity index (χ0n) is 11.1. The highest BCUT2D eigenvalue weighted by Crippen LogP contribution is 1.88. The topological polar surface area (TPSA) is 71.1 Å². The number of carbonyl (C=O) groups is 2. The van der Waals surface area contributed by atoms with E-state index < -0.39 is 11.9 Å². The summed E-state index contributed by atoms with van der Waals surface area (Å²) in [6.45, 7) is 5.85. The molecule has 0 amide bonds. The van der Waals surface area contributed by atoms with E-state index in [0.717, 1.165) is 12.8 Å². The van der Waals surface area contributed by atoms with Crippen LogP contribution in [0.25, 0.3) is 0 Å². The summed E-state index contributed by atoms with van der Waals surface area (Å²) in [4.78, 5) is 22.2. The van der Waals surface area contributed by atoms with Crippen molar-refractivity contribution in [1.29, 1.82) is 0 Å². The highest BCUT2D eigenvalue weighted by atomic mass is 16.6. The minimum Gasteiger partial charge on any atom is -0.455 e. The molecule has 6 nitrogen and oxygen atoms in total. The Bertz CT molecular complexity index is 205. The average molecular weight is 262 g/mol. The second-order valence-electron chi connectivity index (χ2n) is 3.50. The summed E-state index contributed by atoms with van der Waals surface area (Å²) in [6.07, 6.45) is 1.79. The maximum atomic E-state index is 11.1. The second-order valence-corrected chi connectivity index (χ2v) is 3.50. The van der Waals surface area contributed by atoms with Crippen LogP contribution in [0.4, 0.5) is 0 Å². The van der Waals surface area contributed by atoms with Crippen LogP contribution in [0.15, 0.2) is 0 Å². The molecule has 0 fully saturated rings. The molecule has 18 heavy (non-hydrogen) atoms. The Hall–Kier alpha value is -1.14. The molecule has 0 bridgehead atoms. The van der Waals surface area contributed by atoms with E-state index in [4.69, 9.17) is 9.47 Å². The molecule has 0 aliphatic rings. The van der Waals surface area contributed by atoms with E-state index in [1.165, 1.54) is 0 Å². The molecule has 0 radical (unpaired) electrons. The Balaban J connectivity index is 3.43. The van der Waals surface area contributed by atoms with E-state index in [9.17, 15) is 9.59 Å². The quantitative estimate of drug-likeness (QED) is 0.331. The van der Waals surface area contributed by atoms with Gasteiger partial charge < -0.3 is 18.9 Å². The maximum absolute atomic E-state index is 11.1. The molecule has 0 heterocycles. The molecule has 0 aliphatic carbocycles. The van der Waals surface area contributed by atoms with Crippen molar-refractivity contribution < 1.29 is 28.5 Å². The fourth-order valence-corrected chi connectivity index (χ4v) is 0.997. The van der Waals surface area contributed by atoms with Crippen molar-refractivity contribution in [3.63, 3.8) is 0 Å². The summed E-state index contributed by atoms with van der Waals surface area (Å²) in [5.41, 5.74) is 0. The highest BCUT2D eigenvalue weighted by Gasteiger charge is 2.16. The number of carbonyl (C=O) groups excluding carboxylic acids is 2. The third-order valence-corrected chi connectivity index (χ3v) is 1.79. The number of esters is 2. The Morgan fingerprint density at radius 2 is 1.06 bits per heavy atom. The first-order valence-electron chi connectivity index (χ1n) is 6.21. The lowest BCUT2D eigenvalue weighted by molar-refractivity contribution is -0.169. The lowest BCUT2D eigenvalue weighted by Crippen LogP contribution is -2.23. The van der Waals surface area contributed by atoms with Gasteiger partial charge in [-0.15, -0.1) is 0 Å². The van der Waals surface area contributed by atoms with E-state index in [1.54, 1.807) is 0 Å². The van der Waals surface area contributed by atoms with Crippen molar-refractivity contribution >= 4 is 11.9 Å². The molecule has 0 atom stereocenters. The SMILES string of the molecule is CCCOCCOC(=O)C(=O)OCCOCCC. The molecular weight excluding hydrogens is 240 g/mol. The van der Waals surface area contributed by atoms with Crippen LogP contribution >= 0.6 is 0 Å². The Labute approximate surface area is 108 Å². The van der Waals surface area contributed by atoms with Gasteiger partial charge in [0.15, 0.2) is 0 Å². The molecule has 0 spiro atoms. The summed E-state index contributed by atoms with van der Waals surface area (Å²) in [5.74, 6) is -1.99. The van der Waals surface area contributed by atoms with Gasteiger partial charge >= 0.3 is 11.9 Å². The first-order valence-corrected chi connectivity index (χ1v) is 6.21. The second kappa shape index (κ2) is 12.3. The van der Waals surface area contributed by atoms with Crippen molar-refractivity contribution in [3.05, 3.63) is 0 Å². The number of rotatable bonds is 10. The van der Waals surface area contributed by atoms with E-state index in [0.29, 0.717) is 13.2 Å². The van der Waals surface area contributed by atoms with Gasteiger partial charge in [-0.1, -0.05) is 13.8 Å². The molecular formula is C12H22O6. The van der Waals surface area contributed by atoms with E-state index in [-0.39, 0.29) is 26.4 Å². The smallest absolute Gasteiger partial charge is 0.417 e. The maximum Gasteiger partial charge on any atom is 0.417 e. The standard InChI is InChI=1S/C12H22O6/c1-3-5-15-7-9-17-11(13)12(14)18-10-8-16-6-4-2/h3-10H2,1-2H3. The van der Waals surface area contributed by atoms with Crippen LogP contribution < -0.4 is 0 Å². The zero-order valence-corrected chi connectivity index (χ0v) is 11.1. The number of hydrogen-bond acceptors (Lipinski definition) is 6. The summed E-state index contributed by atoms with van der Waals surface area (Å²) in [6, 6.07) is 0. The van der Waals surface area contributed by atoms with Crippen LogP contribution in [-0.2, 0) is 28.5 Å². The van der Waals surface area contributed by atoms with Crippen LogP contribution in [0.3, 0.4) is 0 Å². The zero-order chi connectivity index (χ0) is 13.6. The third kappa shape index (κ3) is 10.0. The minimum atomic E-state index is -0.995. The van der Waals surface area contributed by atoms with Gasteiger partial charge in [0.25, 0.3) is 0 Å². The monoisotopic (exact) mass is 262 g/mol. The molecule has 106 valence electrons. The van der Waals surface area contributed by atoms with Gasteiger partial charge in [0.1, 0.15) is 13.2 Å². The van der Waals surface area contributed by atoms with Gasteiger partial charge in [-0.2, -0.15) is 0 Å². The molecule has 0 saturated heterocycles. The highest BCUT2D eigenvalue weighted by molar-refractivity contribution is 6.29. The van der Waals surface area contributed by atoms with Crippen molar-refractivity contribution in [2.45, 2.75) is 26.7 Å². The van der Waals surface area contributed by atoms with Crippen LogP contribution in [0.1, 0.15) is 26.7 Å². The van der Waals surface area contributed by atoms with Crippen LogP contribution in [0.5, 0.6) is 0 Å². The summed E-state index contributed by atoms with van der Waals surface area (Å²) >= 11 is 0. The van der Waals surface area contributed by atoms with Crippen LogP contribution in [0, 0.1) is 0 Å². The van der Waals surface area contributed by atoms with Gasteiger partial charge in [-0.3, -0.25) is 0 Å². The molecule has 0 aromatic rings. The van der Waals surface area contributed by atoms with E-state index in [2.05, 4.69) is 9.47 Å². The minimum absolute atomic E-state index is 0.0558. The van der Waals surface area contributed by atoms with Gasteiger partial charge in [0.2, 0.25) is 0 Å². The van der Waals surface area contributed by atoms with E-state index in [1.807, 2.05) is 13.8 Å². The lowest BCUT2D eigenvalue weighted by atomic mass is 10.5. The van der Waals surface area contributed by atoms with Crippen LogP contribution in [0.2, 0.25) is 0 Å². The fourth-order valence-electron chi connectivity index (χ4n) is 0.997. The molecule has 0 saturated carbocycles. The predicted molar refractivity (Wildman–Crippen MR) is 64.1 cm³/mol. The normalized spacial score (nSPS) is 10.1. The van der Waals surface area contributed by atoms with Crippen molar-refractivity contribution in [2.75, 3.05) is 39.6 Å². The fraction of sp³-hybridized carbons (Fsp3) is 0.833. The van der Waals surface area contributed by atoms with Crippen LogP contribution in [-0.4, -0.2) is 51.6 Å². The molecule has 6 heteroatoms. The van der Waals surface area contributed by atoms with Crippen molar-refractivity contribution in [3.8, 4) is 0 Å². The summed E-state index contributed by atoms with van der Waals surface area (Å²) in [7, 11) is 0. The Kier molecular flexibility index (Phi) is 11.5. The first kappa shape index (κ1) is 16.9. The Morgan fingerprint density at radius 3 is 1.39 bits per heavy atom. The average Bonchev–Trinajstić information content (AvgIpc) is 2.37. The van der Waals surface area contributed by atoms with Gasteiger partial charge in [-0.25, -0.2) is 9.59 Å². The molecule has 0 aliphatic heterocycles. The number of hydrogen-bond donors (Lipinski definition) is 0. The molecule has 0 aromatic carbocycles. The third-order valence-electron chi connectivity index (χ3n) is 1.79. The molecule has 0 rings (SSSR count). The Morgan fingerprint density at radius 1 is 0.667 bits per heavy atom. The molecule has 0 aromatic heterocycles. The molecule has 0 N–H and O–H groups in total. The van der Waals surface area contributed by atoms with Crippen molar-refractivity contribution in [1.82, 2.24) is 0 Å². The summed E-state index contributed by atoms with van der Waals surface area (Å²) in [5, 5.41) is 0. The van der Waals surface area contributed by atoms with Crippen molar-refractivity contribution in [2.24, 2.45) is 0 Å². The van der Waals surface area contributed by atoms with E-state index >= 15 is 0 Å². The molecule has 0 unspecified atom stereocenters. The first-order chi connectivity index (χ1) is 8.72. The van der Waals surface area contributed by atoms with Gasteiger partial charge in [0.05, 0.1) is 13.2 Å². The number of ether oxygens (including phenoxy) is 4. The summed E-state index contributed by atoms with van der Waals surface area (Å²) < 4.78 is 19.5. The lowest BCUT2D eigenvalue weighted by Gasteiger charge is -2.06. The predicted octanol–water partition coefficient (Wildman–Crippen LogP) is 0.926. The largest absolute Gasteiger partial charge is 0.455 e.